The first-order valence-corrected chi connectivity index (χ1v) is 37.0. The van der Waals surface area contributed by atoms with Gasteiger partial charge in [0.05, 0.1) is 22.7 Å². The normalized spacial score (nSPS) is 11.1. The van der Waals surface area contributed by atoms with Crippen molar-refractivity contribution in [3.63, 3.8) is 0 Å². The topological polar surface area (TPSA) is 13.0 Å². The predicted molar refractivity (Wildman–Crippen MR) is 476 cm³/mol. The Bertz CT molecular complexity index is 5960. The first-order valence-electron chi connectivity index (χ1n) is 37.0. The van der Waals surface area contributed by atoms with Gasteiger partial charge >= 0.3 is 0 Å². The van der Waals surface area contributed by atoms with E-state index in [1.165, 1.54) is 108 Å². The second-order valence-electron chi connectivity index (χ2n) is 27.6. The highest BCUT2D eigenvalue weighted by Crippen LogP contribution is 2.47. The van der Waals surface area contributed by atoms with Gasteiger partial charge in [0.15, 0.2) is 0 Å². The van der Waals surface area contributed by atoms with Crippen LogP contribution in [0.15, 0.2) is 437 Å². The molecule has 0 saturated carbocycles. The largest absolute Gasteiger partial charge is 0.310 e. The summed E-state index contributed by atoms with van der Waals surface area (Å²) in [7, 11) is 0. The van der Waals surface area contributed by atoms with Crippen LogP contribution in [0.2, 0.25) is 0 Å². The Morgan fingerprint density at radius 1 is 0.118 bits per heavy atom. The number of nitrogens with zero attached hydrogens (tertiary/aromatic N) is 4. The zero-order valence-corrected chi connectivity index (χ0v) is 59.4. The molecule has 0 atom stereocenters. The van der Waals surface area contributed by atoms with Crippen LogP contribution in [0, 0.1) is 0 Å². The molecule has 0 bridgehead atoms. The molecule has 0 amide bonds. The first-order chi connectivity index (χ1) is 53.5. The maximum absolute atomic E-state index is 2.41. The fraction of sp³-hybridized carbons (Fsp3) is 0.0189. The van der Waals surface area contributed by atoms with Gasteiger partial charge in [0.25, 0.3) is 0 Å². The van der Waals surface area contributed by atoms with Gasteiger partial charge in [-0.05, 0) is 208 Å². The van der Waals surface area contributed by atoms with Gasteiger partial charge in [0.1, 0.15) is 0 Å². The standard InChI is InChI=1S/2C52H36N2.2CH4/c1-5-21-45-39(13-1)17-9-25-49(45)53(50-26-10-18-40-14-2-6-22-46(40)50)43-33-29-37(30-34-43)38-31-35-44(36-32-38)54(51-27-11-19-41-15-3-7-23-47(41)51)52-28-12-20-42-16-4-8-24-48(42)52;1-5-13-43-33-49(29-21-37(43)9-1)53(50-30-22-38-10-2-6-14-44(38)34-50)47-25-17-41(18-26-47)42-19-27-48(28-20-42)54(51-31-23-39-11-3-7-15-45(39)35-51)52-32-24-40-12-4-8-16-46(40)36-52;;/h2*1-36H;2*1H4. The Hall–Kier alpha value is -14.3. The van der Waals surface area contributed by atoms with Crippen molar-refractivity contribution in [1.29, 1.82) is 0 Å². The Morgan fingerprint density at radius 2 is 0.291 bits per heavy atom. The van der Waals surface area contributed by atoms with Crippen molar-refractivity contribution >= 4 is 154 Å². The van der Waals surface area contributed by atoms with Crippen molar-refractivity contribution < 1.29 is 0 Å². The molecular formula is C106H80N4. The van der Waals surface area contributed by atoms with Crippen LogP contribution in [-0.2, 0) is 0 Å². The van der Waals surface area contributed by atoms with E-state index in [1.807, 2.05) is 0 Å². The van der Waals surface area contributed by atoms with Gasteiger partial charge in [0.2, 0.25) is 0 Å². The lowest BCUT2D eigenvalue weighted by molar-refractivity contribution is 1.29. The molecule has 0 spiro atoms. The van der Waals surface area contributed by atoms with Crippen molar-refractivity contribution in [1.82, 2.24) is 0 Å². The Kier molecular flexibility index (Phi) is 18.9. The van der Waals surface area contributed by atoms with E-state index in [0.29, 0.717) is 0 Å². The molecule has 524 valence electrons. The highest BCUT2D eigenvalue weighted by molar-refractivity contribution is 6.07. The minimum atomic E-state index is 0. The molecule has 4 nitrogen and oxygen atoms in total. The third kappa shape index (κ3) is 13.3. The lowest BCUT2D eigenvalue weighted by Gasteiger charge is -2.28. The molecular weight excluding hydrogens is 1330 g/mol. The van der Waals surface area contributed by atoms with Crippen molar-refractivity contribution in [2.24, 2.45) is 0 Å². The fourth-order valence-electron chi connectivity index (χ4n) is 15.8. The lowest BCUT2D eigenvalue weighted by atomic mass is 10.0. The number of hydrogen-bond acceptors (Lipinski definition) is 4. The number of benzene rings is 20. The summed E-state index contributed by atoms with van der Waals surface area (Å²) in [5.41, 5.74) is 18.3. The third-order valence-electron chi connectivity index (χ3n) is 21.2. The molecule has 20 rings (SSSR count). The van der Waals surface area contributed by atoms with E-state index in [9.17, 15) is 0 Å². The maximum atomic E-state index is 2.41. The van der Waals surface area contributed by atoms with Crippen molar-refractivity contribution in [2.45, 2.75) is 14.9 Å². The van der Waals surface area contributed by atoms with Crippen LogP contribution in [-0.4, -0.2) is 0 Å². The van der Waals surface area contributed by atoms with E-state index in [1.54, 1.807) is 0 Å². The smallest absolute Gasteiger partial charge is 0.0540 e. The molecule has 0 N–H and O–H groups in total. The Labute approximate surface area is 643 Å². The quantitative estimate of drug-likeness (QED) is 0.108. The maximum Gasteiger partial charge on any atom is 0.0540 e. The molecule has 20 aromatic rings. The monoisotopic (exact) mass is 1410 g/mol. The minimum absolute atomic E-state index is 0. The highest BCUT2D eigenvalue weighted by atomic mass is 15.2. The highest BCUT2D eigenvalue weighted by Gasteiger charge is 2.22. The summed E-state index contributed by atoms with van der Waals surface area (Å²) >= 11 is 0. The van der Waals surface area contributed by atoms with Crippen molar-refractivity contribution in [3.8, 4) is 22.3 Å². The molecule has 110 heavy (non-hydrogen) atoms. The van der Waals surface area contributed by atoms with Crippen LogP contribution in [0.4, 0.5) is 68.2 Å². The SMILES string of the molecule is C.C.c1ccc2c(N(c3ccc(-c4ccc(N(c5cccc6ccccc56)c5cccc6ccccc56)cc4)cc3)c3cccc4ccccc34)cccc2c1.c1ccc2cc(N(c3ccc(-c4ccc(N(c5ccc6ccccc6c5)c5ccc6ccccc6c5)cc4)cc3)c3ccc4ccccc4c3)ccc2c1. The summed E-state index contributed by atoms with van der Waals surface area (Å²) in [5.74, 6) is 0. The van der Waals surface area contributed by atoms with E-state index in [4.69, 9.17) is 0 Å². The number of fused-ring (bicyclic) bond motifs is 8. The average molecular weight is 1410 g/mol. The van der Waals surface area contributed by atoms with Crippen LogP contribution in [0.5, 0.6) is 0 Å². The van der Waals surface area contributed by atoms with Gasteiger partial charge in [-0.2, -0.15) is 0 Å². The minimum Gasteiger partial charge on any atom is -0.310 e. The van der Waals surface area contributed by atoms with Crippen molar-refractivity contribution in [3.05, 3.63) is 437 Å². The summed E-state index contributed by atoms with van der Waals surface area (Å²) in [4.78, 5) is 9.53. The zero-order chi connectivity index (χ0) is 71.7. The summed E-state index contributed by atoms with van der Waals surface area (Å²) in [6, 6.07) is 158. The average Bonchev–Trinajstić information content (AvgIpc) is 0.778. The molecule has 0 aliphatic carbocycles. The Morgan fingerprint density at radius 3 is 0.518 bits per heavy atom. The molecule has 0 aliphatic heterocycles. The summed E-state index contributed by atoms with van der Waals surface area (Å²) in [6.45, 7) is 0. The summed E-state index contributed by atoms with van der Waals surface area (Å²) in [6.07, 6.45) is 0. The van der Waals surface area contributed by atoms with E-state index in [2.05, 4.69) is 456 Å². The number of rotatable bonds is 14. The van der Waals surface area contributed by atoms with E-state index >= 15 is 0 Å². The molecule has 0 aliphatic rings. The molecule has 0 saturated heterocycles. The molecule has 0 fully saturated rings. The predicted octanol–water partition coefficient (Wildman–Crippen LogP) is 31.1. The molecule has 0 unspecified atom stereocenters. The molecule has 0 heterocycles. The van der Waals surface area contributed by atoms with E-state index in [-0.39, 0.29) is 14.9 Å². The van der Waals surface area contributed by atoms with Crippen LogP contribution in [0.25, 0.3) is 108 Å². The fourth-order valence-corrected chi connectivity index (χ4v) is 15.8. The number of hydrogen-bond donors (Lipinski definition) is 0. The number of anilines is 12. The second kappa shape index (κ2) is 30.3. The molecule has 0 aromatic heterocycles. The van der Waals surface area contributed by atoms with Gasteiger partial charge in [-0.1, -0.05) is 330 Å². The molecule has 20 aromatic carbocycles. The van der Waals surface area contributed by atoms with Gasteiger partial charge in [-0.3, -0.25) is 0 Å². The van der Waals surface area contributed by atoms with Crippen LogP contribution >= 0.6 is 0 Å². The van der Waals surface area contributed by atoms with E-state index < -0.39 is 0 Å². The summed E-state index contributed by atoms with van der Waals surface area (Å²) < 4.78 is 0. The lowest BCUT2D eigenvalue weighted by Crippen LogP contribution is -2.11. The van der Waals surface area contributed by atoms with Crippen molar-refractivity contribution in [2.75, 3.05) is 19.6 Å². The van der Waals surface area contributed by atoms with Gasteiger partial charge < -0.3 is 19.6 Å². The third-order valence-corrected chi connectivity index (χ3v) is 21.2. The van der Waals surface area contributed by atoms with Crippen LogP contribution in [0.3, 0.4) is 0 Å². The van der Waals surface area contributed by atoms with E-state index in [0.717, 1.165) is 68.2 Å². The zero-order valence-electron chi connectivity index (χ0n) is 59.4. The van der Waals surface area contributed by atoms with Crippen LogP contribution in [0.1, 0.15) is 14.9 Å². The van der Waals surface area contributed by atoms with Gasteiger partial charge in [-0.25, -0.2) is 0 Å². The molecule has 0 radical (unpaired) electrons. The van der Waals surface area contributed by atoms with Crippen LogP contribution < -0.4 is 19.6 Å². The Balaban J connectivity index is 0.000000157. The second-order valence-corrected chi connectivity index (χ2v) is 27.6. The molecule has 4 heteroatoms. The van der Waals surface area contributed by atoms with Gasteiger partial charge in [-0.15, -0.1) is 0 Å². The summed E-state index contributed by atoms with van der Waals surface area (Å²) in [5, 5.41) is 19.6. The van der Waals surface area contributed by atoms with Gasteiger partial charge in [0, 0.05) is 67.0 Å². The first kappa shape index (κ1) is 68.8.